The van der Waals surface area contributed by atoms with Gasteiger partial charge < -0.3 is 4.55 Å². The van der Waals surface area contributed by atoms with Gasteiger partial charge in [-0.05, 0) is 29.3 Å². The molecule has 0 spiro atoms. The quantitative estimate of drug-likeness (QED) is 0.360. The predicted molar refractivity (Wildman–Crippen MR) is 119 cm³/mol. The summed E-state index contributed by atoms with van der Waals surface area (Å²) in [7, 11) is 1.74. The van der Waals surface area contributed by atoms with Gasteiger partial charge in [0.05, 0.1) is 18.3 Å². The molecule has 4 heteroatoms. The molecule has 0 saturated heterocycles. The summed E-state index contributed by atoms with van der Waals surface area (Å²) in [5, 5.41) is 0. The van der Waals surface area contributed by atoms with Crippen molar-refractivity contribution in [1.82, 2.24) is 0 Å². The highest BCUT2D eigenvalue weighted by Gasteiger charge is 2.38. The molecule has 4 rings (SSSR count). The first kappa shape index (κ1) is 19.1. The number of carbonyl (C=O) groups excluding carboxylic acids is 1. The number of anilines is 1. The van der Waals surface area contributed by atoms with E-state index in [0.29, 0.717) is 17.7 Å². The van der Waals surface area contributed by atoms with Gasteiger partial charge >= 0.3 is 0 Å². The fourth-order valence-corrected chi connectivity index (χ4v) is 4.32. The van der Waals surface area contributed by atoms with Crippen LogP contribution in [0.1, 0.15) is 27.0 Å². The highest BCUT2D eigenvalue weighted by atomic mass is 32.2. The number of Topliss-reactive ketones (excluding diaryl/α,β-unsaturated/α-hetero) is 1. The van der Waals surface area contributed by atoms with Gasteiger partial charge in [-0.2, -0.15) is 4.31 Å². The van der Waals surface area contributed by atoms with E-state index >= 15 is 0 Å². The van der Waals surface area contributed by atoms with Crippen LogP contribution >= 0.6 is 0 Å². The number of fused-ring (bicyclic) bond motifs is 1. The standard InChI is InChI=1S/C25H19NO2S/c1-26-23-16-15-21(14-8-13-19-9-4-2-5-10-19)17-22(23)25(27)24(29(26)28)18-20-11-6-3-7-12-20/h2-7,9-12,15-18H,13H2,1H3. The summed E-state index contributed by atoms with van der Waals surface area (Å²) in [4.78, 5) is 13.4. The zero-order valence-electron chi connectivity index (χ0n) is 16.0. The lowest BCUT2D eigenvalue weighted by Crippen LogP contribution is -2.36. The summed E-state index contributed by atoms with van der Waals surface area (Å²) in [5.74, 6) is 6.08. The van der Waals surface area contributed by atoms with Crippen molar-refractivity contribution >= 4 is 28.9 Å². The van der Waals surface area contributed by atoms with Crippen LogP contribution in [-0.2, 0) is 17.8 Å². The van der Waals surface area contributed by atoms with Crippen LogP contribution in [0.15, 0.2) is 83.8 Å². The van der Waals surface area contributed by atoms with Crippen molar-refractivity contribution in [3.63, 3.8) is 0 Å². The highest BCUT2D eigenvalue weighted by Crippen LogP contribution is 2.35. The Labute approximate surface area is 174 Å². The monoisotopic (exact) mass is 397 g/mol. The van der Waals surface area contributed by atoms with E-state index in [2.05, 4.69) is 11.8 Å². The van der Waals surface area contributed by atoms with Crippen molar-refractivity contribution in [2.75, 3.05) is 11.4 Å². The van der Waals surface area contributed by atoms with Crippen LogP contribution in [0.25, 0.3) is 6.08 Å². The van der Waals surface area contributed by atoms with E-state index in [4.69, 9.17) is 0 Å². The van der Waals surface area contributed by atoms with Crippen molar-refractivity contribution in [2.45, 2.75) is 6.42 Å². The van der Waals surface area contributed by atoms with Gasteiger partial charge in [0.15, 0.2) is 0 Å². The van der Waals surface area contributed by atoms with E-state index in [1.807, 2.05) is 72.8 Å². The van der Waals surface area contributed by atoms with Gasteiger partial charge in [0.25, 0.3) is 0 Å². The van der Waals surface area contributed by atoms with Gasteiger partial charge in [-0.25, -0.2) is 0 Å². The number of allylic oxidation sites excluding steroid dienone is 1. The van der Waals surface area contributed by atoms with Crippen molar-refractivity contribution in [3.8, 4) is 11.8 Å². The van der Waals surface area contributed by atoms with Crippen molar-refractivity contribution in [2.24, 2.45) is 0 Å². The summed E-state index contributed by atoms with van der Waals surface area (Å²) >= 11 is -1.54. The van der Waals surface area contributed by atoms with E-state index in [9.17, 15) is 9.35 Å². The lowest BCUT2D eigenvalue weighted by atomic mass is 10.0. The molecule has 0 saturated carbocycles. The number of hydrogen-bond acceptors (Lipinski definition) is 3. The van der Waals surface area contributed by atoms with Gasteiger partial charge in [-0.3, -0.25) is 4.79 Å². The molecule has 0 bridgehead atoms. The van der Waals surface area contributed by atoms with Crippen molar-refractivity contribution < 1.29 is 9.35 Å². The number of ketones is 1. The van der Waals surface area contributed by atoms with Crippen molar-refractivity contribution in [3.05, 3.63) is 106 Å². The molecule has 0 aromatic heterocycles. The molecule has 0 amide bonds. The summed E-state index contributed by atoms with van der Waals surface area (Å²) in [6.07, 6.45) is 2.35. The van der Waals surface area contributed by atoms with E-state index < -0.39 is 11.4 Å². The van der Waals surface area contributed by atoms with Gasteiger partial charge in [0.1, 0.15) is 11.4 Å². The molecule has 1 aliphatic heterocycles. The Morgan fingerprint density at radius 2 is 1.69 bits per heavy atom. The third-order valence-corrected chi connectivity index (χ3v) is 6.08. The van der Waals surface area contributed by atoms with Crippen LogP contribution in [-0.4, -0.2) is 17.4 Å². The molecule has 1 unspecified atom stereocenters. The van der Waals surface area contributed by atoms with E-state index in [1.54, 1.807) is 23.5 Å². The van der Waals surface area contributed by atoms with Crippen LogP contribution in [0.3, 0.4) is 0 Å². The zero-order valence-corrected chi connectivity index (χ0v) is 16.8. The molecule has 0 N–H and O–H groups in total. The molecular weight excluding hydrogens is 378 g/mol. The Balaban J connectivity index is 1.65. The summed E-state index contributed by atoms with van der Waals surface area (Å²) in [6.45, 7) is 0. The Morgan fingerprint density at radius 3 is 2.41 bits per heavy atom. The normalized spacial score (nSPS) is 16.9. The molecule has 3 nitrogen and oxygen atoms in total. The molecule has 1 heterocycles. The number of carbonyl (C=O) groups is 1. The van der Waals surface area contributed by atoms with Crippen LogP contribution in [0.2, 0.25) is 0 Å². The number of benzene rings is 3. The minimum Gasteiger partial charge on any atom is -0.588 e. The molecule has 1 aliphatic rings. The first-order valence-corrected chi connectivity index (χ1v) is 10.4. The molecule has 142 valence electrons. The molecule has 1 atom stereocenters. The highest BCUT2D eigenvalue weighted by molar-refractivity contribution is 7.97. The smallest absolute Gasteiger partial charge is 0.245 e. The van der Waals surface area contributed by atoms with Crippen LogP contribution in [0.4, 0.5) is 5.69 Å². The van der Waals surface area contributed by atoms with Gasteiger partial charge in [0.2, 0.25) is 10.7 Å². The first-order valence-electron chi connectivity index (χ1n) is 9.27. The van der Waals surface area contributed by atoms with Gasteiger partial charge in [-0.1, -0.05) is 72.5 Å². The second-order valence-corrected chi connectivity index (χ2v) is 8.18. The Hall–Kier alpha value is -3.26. The Bertz CT molecular complexity index is 1130. The largest absolute Gasteiger partial charge is 0.588 e. The Morgan fingerprint density at radius 1 is 1.00 bits per heavy atom. The minimum atomic E-state index is -1.54. The summed E-state index contributed by atoms with van der Waals surface area (Å²) in [5.41, 5.74) is 3.96. The Kier molecular flexibility index (Phi) is 5.53. The topological polar surface area (TPSA) is 43.4 Å². The second kappa shape index (κ2) is 8.40. The van der Waals surface area contributed by atoms with Crippen LogP contribution < -0.4 is 4.31 Å². The molecule has 0 aliphatic carbocycles. The second-order valence-electron chi connectivity index (χ2n) is 6.69. The van der Waals surface area contributed by atoms with Crippen molar-refractivity contribution in [1.29, 1.82) is 0 Å². The lowest BCUT2D eigenvalue weighted by Gasteiger charge is -2.29. The average molecular weight is 397 g/mol. The first-order chi connectivity index (χ1) is 14.1. The van der Waals surface area contributed by atoms with E-state index in [0.717, 1.165) is 16.7 Å². The minimum absolute atomic E-state index is 0.216. The fraction of sp³-hybridized carbons (Fsp3) is 0.0800. The van der Waals surface area contributed by atoms with Gasteiger partial charge in [0, 0.05) is 18.1 Å². The summed E-state index contributed by atoms with van der Waals surface area (Å²) in [6, 6.07) is 25.0. The zero-order chi connectivity index (χ0) is 20.2. The molecule has 0 fully saturated rings. The molecule has 29 heavy (non-hydrogen) atoms. The number of hydrogen-bond donors (Lipinski definition) is 0. The predicted octanol–water partition coefficient (Wildman–Crippen LogP) is 4.62. The van der Waals surface area contributed by atoms with E-state index in [1.165, 1.54) is 0 Å². The maximum absolute atomic E-state index is 13.1. The third-order valence-electron chi connectivity index (χ3n) is 4.71. The van der Waals surface area contributed by atoms with E-state index in [-0.39, 0.29) is 10.7 Å². The molecular formula is C25H19NO2S. The fourth-order valence-electron chi connectivity index (χ4n) is 3.18. The third kappa shape index (κ3) is 4.12. The van der Waals surface area contributed by atoms with Gasteiger partial charge in [-0.15, -0.1) is 0 Å². The van der Waals surface area contributed by atoms with Crippen LogP contribution in [0, 0.1) is 11.8 Å². The van der Waals surface area contributed by atoms with Crippen LogP contribution in [0.5, 0.6) is 0 Å². The SMILES string of the molecule is CN1c2ccc(C#CCc3ccccc3)cc2C(=O)C(=Cc2ccccc2)[S+]1[O-]. The average Bonchev–Trinajstić information content (AvgIpc) is 2.76. The number of nitrogens with zero attached hydrogens (tertiary/aromatic N) is 1. The number of rotatable bonds is 2. The molecule has 3 aromatic rings. The lowest BCUT2D eigenvalue weighted by molar-refractivity contribution is 0.104. The molecule has 0 radical (unpaired) electrons. The summed E-state index contributed by atoms with van der Waals surface area (Å²) < 4.78 is 14.5. The molecule has 3 aromatic carbocycles. The maximum atomic E-state index is 13.1. The maximum Gasteiger partial charge on any atom is 0.245 e.